The lowest BCUT2D eigenvalue weighted by Crippen LogP contribution is -2.63. The molecule has 0 aromatic rings. The van der Waals surface area contributed by atoms with Crippen molar-refractivity contribution in [1.82, 2.24) is 10.2 Å². The number of methoxy groups -OCH3 is 1. The van der Waals surface area contributed by atoms with Crippen molar-refractivity contribution < 1.29 is 14.3 Å². The number of esters is 1. The maximum atomic E-state index is 12.5. The Morgan fingerprint density at radius 2 is 2.19 bits per heavy atom. The largest absolute Gasteiger partial charge is 0.468 e. The Bertz CT molecular complexity index is 346. The van der Waals surface area contributed by atoms with Crippen LogP contribution in [0.2, 0.25) is 0 Å². The average molecular weight is 298 g/mol. The van der Waals surface area contributed by atoms with Crippen LogP contribution >= 0.6 is 0 Å². The van der Waals surface area contributed by atoms with Crippen LogP contribution in [0.3, 0.4) is 0 Å². The number of rotatable bonds is 8. The molecule has 1 N–H and O–H groups in total. The van der Waals surface area contributed by atoms with Gasteiger partial charge >= 0.3 is 5.97 Å². The molecule has 0 spiro atoms. The maximum Gasteiger partial charge on any atom is 0.327 e. The minimum absolute atomic E-state index is 0.0991. The second kappa shape index (κ2) is 7.56. The van der Waals surface area contributed by atoms with E-state index in [2.05, 4.69) is 24.1 Å². The van der Waals surface area contributed by atoms with Gasteiger partial charge < -0.3 is 14.8 Å². The summed E-state index contributed by atoms with van der Waals surface area (Å²) < 4.78 is 10.9. The van der Waals surface area contributed by atoms with E-state index in [1.54, 1.807) is 0 Å². The number of carbonyl (C=O) groups is 1. The summed E-state index contributed by atoms with van der Waals surface area (Å²) in [5, 5.41) is 3.52. The fourth-order valence-electron chi connectivity index (χ4n) is 3.26. The van der Waals surface area contributed by atoms with Crippen LogP contribution < -0.4 is 5.32 Å². The van der Waals surface area contributed by atoms with Crippen LogP contribution in [0.15, 0.2) is 0 Å². The molecule has 1 aliphatic carbocycles. The van der Waals surface area contributed by atoms with Gasteiger partial charge in [-0.3, -0.25) is 4.90 Å². The number of ether oxygens (including phenoxy) is 2. The van der Waals surface area contributed by atoms with Crippen LogP contribution in [-0.2, 0) is 14.3 Å². The van der Waals surface area contributed by atoms with Crippen LogP contribution in [0.25, 0.3) is 0 Å². The number of hydrogen-bond acceptors (Lipinski definition) is 5. The van der Waals surface area contributed by atoms with Crippen LogP contribution in [0.1, 0.15) is 39.5 Å². The summed E-state index contributed by atoms with van der Waals surface area (Å²) in [5.41, 5.74) is -0.527. The summed E-state index contributed by atoms with van der Waals surface area (Å²) in [6, 6.07) is 0. The third-order valence-corrected chi connectivity index (χ3v) is 4.67. The highest BCUT2D eigenvalue weighted by atomic mass is 16.5. The van der Waals surface area contributed by atoms with E-state index in [9.17, 15) is 4.79 Å². The second-order valence-corrected chi connectivity index (χ2v) is 6.30. The lowest BCUT2D eigenvalue weighted by atomic mass is 9.91. The van der Waals surface area contributed by atoms with Crippen molar-refractivity contribution in [3.05, 3.63) is 0 Å². The first-order valence-corrected chi connectivity index (χ1v) is 8.33. The SMILES string of the molecule is CCCNC(CN1CCOC(CC)C1)(C(=O)OC)C1CC1. The molecule has 1 heterocycles. The molecule has 2 atom stereocenters. The van der Waals surface area contributed by atoms with Gasteiger partial charge in [0, 0.05) is 19.6 Å². The van der Waals surface area contributed by atoms with Gasteiger partial charge in [-0.15, -0.1) is 0 Å². The standard InChI is InChI=1S/C16H30N2O3/c1-4-8-17-16(13-6-7-13,15(19)20-3)12-18-9-10-21-14(5-2)11-18/h13-14,17H,4-12H2,1-3H3. The quantitative estimate of drug-likeness (QED) is 0.687. The lowest BCUT2D eigenvalue weighted by Gasteiger charge is -2.40. The number of morpholine rings is 1. The third kappa shape index (κ3) is 3.96. The van der Waals surface area contributed by atoms with E-state index >= 15 is 0 Å². The number of nitrogens with zero attached hydrogens (tertiary/aromatic N) is 1. The average Bonchev–Trinajstić information content (AvgIpc) is 3.36. The van der Waals surface area contributed by atoms with Crippen LogP contribution in [-0.4, -0.2) is 62.4 Å². The third-order valence-electron chi connectivity index (χ3n) is 4.67. The fraction of sp³-hybridized carbons (Fsp3) is 0.938. The molecule has 21 heavy (non-hydrogen) atoms. The normalized spacial score (nSPS) is 26.3. The monoisotopic (exact) mass is 298 g/mol. The van der Waals surface area contributed by atoms with Crippen molar-refractivity contribution in [2.45, 2.75) is 51.2 Å². The molecule has 0 amide bonds. The predicted octanol–water partition coefficient (Wildman–Crippen LogP) is 1.42. The van der Waals surface area contributed by atoms with Gasteiger partial charge in [0.05, 0.1) is 19.8 Å². The highest BCUT2D eigenvalue weighted by molar-refractivity contribution is 5.82. The van der Waals surface area contributed by atoms with Crippen molar-refractivity contribution in [2.24, 2.45) is 5.92 Å². The maximum absolute atomic E-state index is 12.5. The van der Waals surface area contributed by atoms with Crippen LogP contribution in [0.5, 0.6) is 0 Å². The van der Waals surface area contributed by atoms with E-state index in [4.69, 9.17) is 9.47 Å². The fourth-order valence-corrected chi connectivity index (χ4v) is 3.26. The summed E-state index contributed by atoms with van der Waals surface area (Å²) in [4.78, 5) is 14.9. The number of nitrogens with one attached hydrogen (secondary N) is 1. The molecule has 1 aliphatic heterocycles. The van der Waals surface area contributed by atoms with Gasteiger partial charge in [0.2, 0.25) is 0 Å². The highest BCUT2D eigenvalue weighted by Gasteiger charge is 2.52. The molecule has 5 nitrogen and oxygen atoms in total. The van der Waals surface area contributed by atoms with Crippen molar-refractivity contribution in [3.63, 3.8) is 0 Å². The summed E-state index contributed by atoms with van der Waals surface area (Å²) in [5.74, 6) is 0.317. The van der Waals surface area contributed by atoms with E-state index < -0.39 is 5.54 Å². The molecule has 0 bridgehead atoms. The topological polar surface area (TPSA) is 50.8 Å². The Labute approximate surface area is 128 Å². The smallest absolute Gasteiger partial charge is 0.327 e. The summed E-state index contributed by atoms with van der Waals surface area (Å²) in [7, 11) is 1.50. The molecule has 2 aliphatic rings. The molecule has 5 heteroatoms. The summed E-state index contributed by atoms with van der Waals surface area (Å²) >= 11 is 0. The molecule has 0 aromatic carbocycles. The van der Waals surface area contributed by atoms with Crippen molar-refractivity contribution in [1.29, 1.82) is 0 Å². The van der Waals surface area contributed by atoms with Gasteiger partial charge in [-0.25, -0.2) is 4.79 Å². The second-order valence-electron chi connectivity index (χ2n) is 6.30. The van der Waals surface area contributed by atoms with Crippen molar-refractivity contribution in [2.75, 3.05) is 39.9 Å². The van der Waals surface area contributed by atoms with Gasteiger partial charge in [0.1, 0.15) is 5.54 Å². The summed E-state index contributed by atoms with van der Waals surface area (Å²) in [6.07, 6.45) is 4.57. The van der Waals surface area contributed by atoms with Gasteiger partial charge in [-0.05, 0) is 38.1 Å². The molecule has 2 unspecified atom stereocenters. The zero-order chi connectivity index (χ0) is 15.3. The summed E-state index contributed by atoms with van der Waals surface area (Å²) in [6.45, 7) is 8.44. The first-order chi connectivity index (χ1) is 10.2. The highest BCUT2D eigenvalue weighted by Crippen LogP contribution is 2.41. The Balaban J connectivity index is 2.08. The molecular weight excluding hydrogens is 268 g/mol. The number of hydrogen-bond donors (Lipinski definition) is 1. The van der Waals surface area contributed by atoms with Crippen LogP contribution in [0, 0.1) is 5.92 Å². The van der Waals surface area contributed by atoms with Gasteiger partial charge in [0.25, 0.3) is 0 Å². The molecule has 0 aromatic heterocycles. The van der Waals surface area contributed by atoms with Crippen molar-refractivity contribution >= 4 is 5.97 Å². The predicted molar refractivity (Wildman–Crippen MR) is 82.2 cm³/mol. The van der Waals surface area contributed by atoms with E-state index in [1.807, 2.05) is 0 Å². The minimum atomic E-state index is -0.527. The Morgan fingerprint density at radius 1 is 1.43 bits per heavy atom. The Hall–Kier alpha value is -0.650. The molecule has 122 valence electrons. The molecule has 1 saturated heterocycles. The molecule has 0 radical (unpaired) electrons. The van der Waals surface area contributed by atoms with Crippen LogP contribution in [0.4, 0.5) is 0 Å². The van der Waals surface area contributed by atoms with E-state index in [-0.39, 0.29) is 5.97 Å². The lowest BCUT2D eigenvalue weighted by molar-refractivity contribution is -0.152. The Morgan fingerprint density at radius 3 is 2.76 bits per heavy atom. The van der Waals surface area contributed by atoms with Gasteiger partial charge in [-0.1, -0.05) is 13.8 Å². The van der Waals surface area contributed by atoms with Gasteiger partial charge in [0.15, 0.2) is 0 Å². The van der Waals surface area contributed by atoms with E-state index in [0.29, 0.717) is 12.0 Å². The molecular formula is C16H30N2O3. The Kier molecular flexibility index (Phi) is 6.02. The van der Waals surface area contributed by atoms with E-state index in [0.717, 1.165) is 58.5 Å². The van der Waals surface area contributed by atoms with E-state index in [1.165, 1.54) is 7.11 Å². The first kappa shape index (κ1) is 16.7. The zero-order valence-corrected chi connectivity index (χ0v) is 13.7. The first-order valence-electron chi connectivity index (χ1n) is 8.33. The number of carbonyl (C=O) groups excluding carboxylic acids is 1. The molecule has 1 saturated carbocycles. The molecule has 2 rings (SSSR count). The van der Waals surface area contributed by atoms with Gasteiger partial charge in [-0.2, -0.15) is 0 Å². The van der Waals surface area contributed by atoms with Crippen molar-refractivity contribution in [3.8, 4) is 0 Å². The minimum Gasteiger partial charge on any atom is -0.468 e. The molecule has 2 fully saturated rings. The zero-order valence-electron chi connectivity index (χ0n) is 13.7.